The van der Waals surface area contributed by atoms with Crippen molar-refractivity contribution in [2.75, 3.05) is 49.8 Å². The number of hydrogen-bond acceptors (Lipinski definition) is 14. The smallest absolute Gasteiger partial charge is 0.293 e. The van der Waals surface area contributed by atoms with Crippen molar-refractivity contribution in [2.24, 2.45) is 0 Å². The number of Topliss-reactive ketones (excluding diaryl/α,β-unsaturated/α-hetero) is 2. The van der Waals surface area contributed by atoms with E-state index in [0.29, 0.717) is 60.3 Å². The van der Waals surface area contributed by atoms with E-state index in [9.17, 15) is 28.1 Å². The number of sulfone groups is 1. The molecular weight excluding hydrogens is 769 g/mol. The Hall–Kier alpha value is -6.04. The number of ketones is 2. The second-order valence-electron chi connectivity index (χ2n) is 14.0. The number of nitrogens with one attached hydrogen (secondary N) is 1. The van der Waals surface area contributed by atoms with E-state index in [1.165, 1.54) is 28.8 Å². The molecule has 0 saturated heterocycles. The Labute approximate surface area is 333 Å². The van der Waals surface area contributed by atoms with Gasteiger partial charge in [-0.25, -0.2) is 22.9 Å². The Morgan fingerprint density at radius 2 is 1.86 bits per heavy atom. The summed E-state index contributed by atoms with van der Waals surface area (Å²) >= 11 is 1.21. The van der Waals surface area contributed by atoms with Gasteiger partial charge in [0.1, 0.15) is 29.5 Å². The molecule has 0 bridgehead atoms. The molecule has 0 radical (unpaired) electrons. The summed E-state index contributed by atoms with van der Waals surface area (Å²) in [6.07, 6.45) is 4.73. The van der Waals surface area contributed by atoms with Gasteiger partial charge in [-0.3, -0.25) is 19.7 Å². The summed E-state index contributed by atoms with van der Waals surface area (Å²) in [6.45, 7) is 1.85. The van der Waals surface area contributed by atoms with Gasteiger partial charge in [-0.15, -0.1) is 11.3 Å². The molecule has 6 aromatic rings. The van der Waals surface area contributed by atoms with Crippen LogP contribution in [0.2, 0.25) is 0 Å². The van der Waals surface area contributed by atoms with E-state index in [1.807, 2.05) is 72.4 Å². The van der Waals surface area contributed by atoms with E-state index in [2.05, 4.69) is 20.4 Å². The number of carbonyl (C=O) groups excluding carboxylic acids is 2. The molecule has 0 unspecified atom stereocenters. The topological polar surface area (TPSA) is 182 Å². The number of anilines is 2. The highest BCUT2D eigenvalue weighted by molar-refractivity contribution is 7.92. The molecule has 4 heterocycles. The fourth-order valence-electron chi connectivity index (χ4n) is 6.62. The molecule has 1 aliphatic heterocycles. The zero-order valence-corrected chi connectivity index (χ0v) is 32.9. The van der Waals surface area contributed by atoms with Crippen molar-refractivity contribution in [3.8, 4) is 5.75 Å². The molecule has 15 nitrogen and oxygen atoms in total. The number of fused-ring (bicyclic) bond motifs is 2. The van der Waals surface area contributed by atoms with Crippen LogP contribution in [0, 0.1) is 10.1 Å². The summed E-state index contributed by atoms with van der Waals surface area (Å²) in [6, 6.07) is 21.7. The molecule has 7 rings (SSSR count). The number of carbonyl (C=O) groups is 2. The number of imidazole rings is 1. The molecule has 1 N–H and O–H groups in total. The molecule has 0 aliphatic carbocycles. The molecule has 3 aromatic carbocycles. The van der Waals surface area contributed by atoms with Crippen molar-refractivity contribution in [3.05, 3.63) is 135 Å². The quantitative estimate of drug-likeness (QED) is 0.0689. The van der Waals surface area contributed by atoms with Crippen LogP contribution in [0.15, 0.2) is 102 Å². The third kappa shape index (κ3) is 9.33. The number of nitro benzene ring substituents is 1. The van der Waals surface area contributed by atoms with Crippen molar-refractivity contribution in [3.63, 3.8) is 0 Å². The van der Waals surface area contributed by atoms with Crippen LogP contribution in [0.5, 0.6) is 5.75 Å². The fraction of sp³-hybridized carbons (Fsp3) is 0.275. The molecule has 0 saturated carbocycles. The summed E-state index contributed by atoms with van der Waals surface area (Å²) in [5, 5.41) is 21.6. The van der Waals surface area contributed by atoms with Gasteiger partial charge in [0.25, 0.3) is 5.69 Å². The van der Waals surface area contributed by atoms with Crippen LogP contribution in [-0.4, -0.2) is 95.0 Å². The summed E-state index contributed by atoms with van der Waals surface area (Å²) in [4.78, 5) is 51.1. The van der Waals surface area contributed by atoms with Crippen molar-refractivity contribution in [2.45, 2.75) is 36.7 Å². The first-order chi connectivity index (χ1) is 27.4. The minimum absolute atomic E-state index is 0.0240. The fourth-order valence-corrected chi connectivity index (χ4v) is 8.70. The minimum Gasteiger partial charge on any atom is -0.491 e. The minimum atomic E-state index is -4.29. The number of nitro groups is 1. The Morgan fingerprint density at radius 3 is 2.63 bits per heavy atom. The average Bonchev–Trinajstić information content (AvgIpc) is 3.86. The lowest BCUT2D eigenvalue weighted by Crippen LogP contribution is -2.32. The maximum absolute atomic E-state index is 13.5. The van der Waals surface area contributed by atoms with E-state index >= 15 is 0 Å². The number of benzene rings is 3. The van der Waals surface area contributed by atoms with Crippen molar-refractivity contribution < 1.29 is 27.7 Å². The zero-order chi connectivity index (χ0) is 40.1. The highest BCUT2D eigenvalue weighted by atomic mass is 32.2. The zero-order valence-electron chi connectivity index (χ0n) is 31.3. The number of para-hydroxylation sites is 1. The molecule has 3 aromatic heterocycles. The van der Waals surface area contributed by atoms with E-state index < -0.39 is 32.0 Å². The summed E-state index contributed by atoms with van der Waals surface area (Å²) < 4.78 is 34.6. The van der Waals surface area contributed by atoms with E-state index in [0.717, 1.165) is 17.2 Å². The number of hydrogen-bond donors (Lipinski definition) is 1. The van der Waals surface area contributed by atoms with Gasteiger partial charge in [-0.1, -0.05) is 36.4 Å². The average molecular weight is 809 g/mol. The monoisotopic (exact) mass is 808 g/mol. The van der Waals surface area contributed by atoms with Gasteiger partial charge >= 0.3 is 0 Å². The summed E-state index contributed by atoms with van der Waals surface area (Å²) in [5.41, 5.74) is 3.44. The van der Waals surface area contributed by atoms with E-state index in [1.54, 1.807) is 29.0 Å². The van der Waals surface area contributed by atoms with Crippen LogP contribution in [0.4, 0.5) is 16.5 Å². The molecule has 0 fully saturated rings. The van der Waals surface area contributed by atoms with Crippen LogP contribution in [-0.2, 0) is 29.2 Å². The van der Waals surface area contributed by atoms with Gasteiger partial charge in [0.2, 0.25) is 0 Å². The molecule has 294 valence electrons. The first-order valence-corrected chi connectivity index (χ1v) is 20.7. The first-order valence-electron chi connectivity index (χ1n) is 18.2. The standard InChI is InChI=1S/C40H40N8O7S2/c1-45(2)18-16-28(24-55-30-9-4-3-5-10-30)42-34-14-13-31(21-36(34)48(51)52)57(53,54)26-38(50)35-25-56-40(44-35)46-19-15-27-8-6-11-32(33(27)23-46)37(49)20-29-22-47-39(43-29)12-7-17-41-47/h3-14,17,21-22,25,28,42H,15-16,18-20,23-24,26H2,1-2H3/t28-/m1/s1. The number of aromatic nitrogens is 4. The molecule has 0 spiro atoms. The van der Waals surface area contributed by atoms with Crippen molar-refractivity contribution in [1.29, 1.82) is 0 Å². The predicted octanol–water partition coefficient (Wildman–Crippen LogP) is 5.55. The largest absolute Gasteiger partial charge is 0.491 e. The number of thiazole rings is 1. The van der Waals surface area contributed by atoms with E-state index in [-0.39, 0.29) is 41.1 Å². The van der Waals surface area contributed by atoms with E-state index in [4.69, 9.17) is 4.74 Å². The van der Waals surface area contributed by atoms with Gasteiger partial charge in [0.15, 0.2) is 32.2 Å². The second kappa shape index (κ2) is 17.0. The van der Waals surface area contributed by atoms with Crippen LogP contribution >= 0.6 is 11.3 Å². The van der Waals surface area contributed by atoms with Gasteiger partial charge in [-0.2, -0.15) is 5.10 Å². The van der Waals surface area contributed by atoms with Gasteiger partial charge < -0.3 is 19.9 Å². The third-order valence-corrected chi connectivity index (χ3v) is 12.1. The highest BCUT2D eigenvalue weighted by Gasteiger charge is 2.29. The van der Waals surface area contributed by atoms with Crippen LogP contribution in [0.1, 0.15) is 44.1 Å². The maximum Gasteiger partial charge on any atom is 0.293 e. The SMILES string of the molecule is CN(C)CC[C@H](COc1ccccc1)Nc1ccc(S(=O)(=O)CC(=O)c2csc(N3CCc4cccc(C(=O)Cc5cn6ncccc6n5)c4C3)n2)cc1[N+](=O)[O-]. The molecule has 57 heavy (non-hydrogen) atoms. The predicted molar refractivity (Wildman–Crippen MR) is 216 cm³/mol. The summed E-state index contributed by atoms with van der Waals surface area (Å²) in [5.74, 6) is -1.09. The molecule has 1 atom stereocenters. The number of rotatable bonds is 17. The highest BCUT2D eigenvalue weighted by Crippen LogP contribution is 2.32. The lowest BCUT2D eigenvalue weighted by molar-refractivity contribution is -0.384. The Balaban J connectivity index is 1.02. The Kier molecular flexibility index (Phi) is 11.7. The number of nitrogens with zero attached hydrogens (tertiary/aromatic N) is 7. The molecule has 1 aliphatic rings. The van der Waals surface area contributed by atoms with Crippen LogP contribution < -0.4 is 15.0 Å². The molecular formula is C40H40N8O7S2. The van der Waals surface area contributed by atoms with Crippen molar-refractivity contribution >= 4 is 54.9 Å². The Bertz CT molecular complexity index is 2510. The molecule has 0 amide bonds. The lowest BCUT2D eigenvalue weighted by Gasteiger charge is -2.29. The van der Waals surface area contributed by atoms with Gasteiger partial charge in [0.05, 0.1) is 34.2 Å². The lowest BCUT2D eigenvalue weighted by atomic mass is 9.92. The summed E-state index contributed by atoms with van der Waals surface area (Å²) in [7, 11) is -0.455. The van der Waals surface area contributed by atoms with Gasteiger partial charge in [-0.05, 0) is 81.0 Å². The second-order valence-corrected chi connectivity index (χ2v) is 16.8. The van der Waals surface area contributed by atoms with Crippen LogP contribution in [0.25, 0.3) is 5.65 Å². The Morgan fingerprint density at radius 1 is 1.04 bits per heavy atom. The molecule has 17 heteroatoms. The maximum atomic E-state index is 13.5. The normalized spacial score (nSPS) is 13.4. The third-order valence-electron chi connectivity index (χ3n) is 9.57. The van der Waals surface area contributed by atoms with Crippen LogP contribution in [0.3, 0.4) is 0 Å². The van der Waals surface area contributed by atoms with Gasteiger partial charge in [0, 0.05) is 36.3 Å². The first kappa shape index (κ1) is 39.2. The van der Waals surface area contributed by atoms with Crippen molar-refractivity contribution in [1.82, 2.24) is 24.5 Å². The number of ether oxygens (including phenoxy) is 1.